The molecule has 0 bridgehead atoms. The average Bonchev–Trinajstić information content (AvgIpc) is 3.48. The highest BCUT2D eigenvalue weighted by atomic mass is 32.1. The largest absolute Gasteiger partial charge is 0.465 e. The molecule has 1 saturated heterocycles. The quantitative estimate of drug-likeness (QED) is 0.389. The van der Waals surface area contributed by atoms with E-state index >= 15 is 0 Å². The molecule has 0 spiro atoms. The first kappa shape index (κ1) is 21.4. The van der Waals surface area contributed by atoms with Gasteiger partial charge in [-0.3, -0.25) is 4.90 Å². The Morgan fingerprint density at radius 2 is 2.17 bits per heavy atom. The highest BCUT2D eigenvalue weighted by molar-refractivity contribution is 7.10. The number of nitrogens with zero attached hydrogens (tertiary/aromatic N) is 2. The molecule has 2 aromatic heterocycles. The van der Waals surface area contributed by atoms with Crippen LogP contribution in [0.4, 0.5) is 0 Å². The topological polar surface area (TPSA) is 79.1 Å². The maximum absolute atomic E-state index is 11.8. The smallest absolute Gasteiger partial charge is 0.341 e. The third kappa shape index (κ3) is 5.61. The second kappa shape index (κ2) is 10.5. The van der Waals surface area contributed by atoms with Gasteiger partial charge >= 0.3 is 5.97 Å². The van der Waals surface area contributed by atoms with Crippen LogP contribution in [0.3, 0.4) is 0 Å². The number of carbonyl (C=O) groups is 1. The molecule has 0 aliphatic carbocycles. The Kier molecular flexibility index (Phi) is 7.71. The van der Waals surface area contributed by atoms with Gasteiger partial charge in [-0.1, -0.05) is 6.07 Å². The van der Waals surface area contributed by atoms with Gasteiger partial charge in [0.15, 0.2) is 5.96 Å². The number of aliphatic imine (C=N–C) groups is 1. The third-order valence-electron chi connectivity index (χ3n) is 5.03. The molecule has 1 aliphatic rings. The van der Waals surface area contributed by atoms with Crippen LogP contribution in [0, 0.1) is 6.92 Å². The summed E-state index contributed by atoms with van der Waals surface area (Å²) in [5.74, 6) is 1.53. The van der Waals surface area contributed by atoms with Gasteiger partial charge in [0.05, 0.1) is 13.2 Å². The number of ether oxygens (including phenoxy) is 1. The number of methoxy groups -OCH3 is 1. The number of hydrogen-bond acceptors (Lipinski definition) is 6. The molecule has 0 aromatic carbocycles. The summed E-state index contributed by atoms with van der Waals surface area (Å²) >= 11 is 1.80. The van der Waals surface area contributed by atoms with Crippen molar-refractivity contribution in [1.29, 1.82) is 0 Å². The van der Waals surface area contributed by atoms with Crippen molar-refractivity contribution < 1.29 is 13.9 Å². The summed E-state index contributed by atoms with van der Waals surface area (Å²) in [6.07, 6.45) is 2.52. The van der Waals surface area contributed by atoms with Gasteiger partial charge in [-0.25, -0.2) is 9.79 Å². The van der Waals surface area contributed by atoms with Gasteiger partial charge < -0.3 is 19.8 Å². The minimum atomic E-state index is -0.393. The Labute approximate surface area is 176 Å². The molecule has 2 N–H and O–H groups in total. The van der Waals surface area contributed by atoms with Gasteiger partial charge in [0.2, 0.25) is 0 Å². The minimum absolute atomic E-state index is 0.346. The highest BCUT2D eigenvalue weighted by Crippen LogP contribution is 2.27. The van der Waals surface area contributed by atoms with Crippen molar-refractivity contribution in [3.05, 3.63) is 45.5 Å². The normalized spacial score (nSPS) is 16.0. The lowest BCUT2D eigenvalue weighted by Crippen LogP contribution is -2.42. The van der Waals surface area contributed by atoms with E-state index < -0.39 is 5.97 Å². The van der Waals surface area contributed by atoms with Crippen LogP contribution >= 0.6 is 11.3 Å². The molecule has 2 aromatic rings. The fourth-order valence-corrected chi connectivity index (χ4v) is 4.43. The number of carbonyl (C=O) groups excluding carboxylic acids is 1. The molecule has 29 heavy (non-hydrogen) atoms. The fourth-order valence-electron chi connectivity index (χ4n) is 3.57. The summed E-state index contributed by atoms with van der Waals surface area (Å²) in [6.45, 7) is 7.98. The predicted molar refractivity (Wildman–Crippen MR) is 115 cm³/mol. The van der Waals surface area contributed by atoms with Crippen LogP contribution in [0.15, 0.2) is 33.0 Å². The van der Waals surface area contributed by atoms with Crippen LogP contribution in [0.1, 0.15) is 52.6 Å². The summed E-state index contributed by atoms with van der Waals surface area (Å²) in [6, 6.07) is 6.37. The maximum Gasteiger partial charge on any atom is 0.341 e. The van der Waals surface area contributed by atoms with Crippen molar-refractivity contribution in [2.24, 2.45) is 4.99 Å². The highest BCUT2D eigenvalue weighted by Gasteiger charge is 2.24. The molecule has 0 radical (unpaired) electrons. The molecule has 8 heteroatoms. The molecule has 0 saturated carbocycles. The van der Waals surface area contributed by atoms with Crippen molar-refractivity contribution in [2.75, 3.05) is 33.3 Å². The van der Waals surface area contributed by atoms with Crippen LogP contribution < -0.4 is 10.6 Å². The number of aryl methyl sites for hydroxylation is 1. The molecule has 1 unspecified atom stereocenters. The molecule has 3 rings (SSSR count). The number of likely N-dealkylation sites (tertiary alicyclic amines) is 1. The van der Waals surface area contributed by atoms with Crippen LogP contribution in [0.5, 0.6) is 0 Å². The summed E-state index contributed by atoms with van der Waals surface area (Å²) in [5, 5.41) is 8.91. The van der Waals surface area contributed by atoms with Crippen molar-refractivity contribution in [3.63, 3.8) is 0 Å². The van der Waals surface area contributed by atoms with Gasteiger partial charge in [0.1, 0.15) is 23.6 Å². The number of guanidine groups is 1. The molecule has 1 aliphatic heterocycles. The Morgan fingerprint density at radius 3 is 2.83 bits per heavy atom. The SMILES string of the molecule is CCNC(=NCc1cc(C(=O)OC)c(C)o1)NCC(c1cccs1)N1CCCC1. The molecule has 1 fully saturated rings. The van der Waals surface area contributed by atoms with Gasteiger partial charge in [-0.05, 0) is 57.3 Å². The van der Waals surface area contributed by atoms with E-state index in [0.717, 1.165) is 32.1 Å². The molecule has 0 amide bonds. The fraction of sp³-hybridized carbons (Fsp3) is 0.524. The molecule has 3 heterocycles. The zero-order valence-electron chi connectivity index (χ0n) is 17.4. The van der Waals surface area contributed by atoms with E-state index in [-0.39, 0.29) is 0 Å². The van der Waals surface area contributed by atoms with E-state index in [1.807, 2.05) is 6.92 Å². The van der Waals surface area contributed by atoms with Gasteiger partial charge in [-0.15, -0.1) is 11.3 Å². The van der Waals surface area contributed by atoms with Gasteiger partial charge in [-0.2, -0.15) is 0 Å². The number of nitrogens with one attached hydrogen (secondary N) is 2. The van der Waals surface area contributed by atoms with E-state index in [9.17, 15) is 4.79 Å². The monoisotopic (exact) mass is 418 g/mol. The van der Waals surface area contributed by atoms with Gasteiger partial charge in [0.25, 0.3) is 0 Å². The lowest BCUT2D eigenvalue weighted by molar-refractivity contribution is 0.0599. The summed E-state index contributed by atoms with van der Waals surface area (Å²) in [4.78, 5) is 20.3. The summed E-state index contributed by atoms with van der Waals surface area (Å²) in [7, 11) is 1.37. The van der Waals surface area contributed by atoms with E-state index in [2.05, 4.69) is 38.0 Å². The Balaban J connectivity index is 1.66. The minimum Gasteiger partial charge on any atom is -0.465 e. The average molecular weight is 419 g/mol. The second-order valence-electron chi connectivity index (χ2n) is 7.02. The lowest BCUT2D eigenvalue weighted by atomic mass is 10.2. The van der Waals surface area contributed by atoms with Crippen molar-refractivity contribution in [2.45, 2.75) is 39.3 Å². The zero-order chi connectivity index (χ0) is 20.6. The third-order valence-corrected chi connectivity index (χ3v) is 6.00. The number of rotatable bonds is 8. The molecule has 158 valence electrons. The van der Waals surface area contributed by atoms with Crippen molar-refractivity contribution in [1.82, 2.24) is 15.5 Å². The Morgan fingerprint density at radius 1 is 1.38 bits per heavy atom. The van der Waals surface area contributed by atoms with Crippen molar-refractivity contribution in [3.8, 4) is 0 Å². The summed E-state index contributed by atoms with van der Waals surface area (Å²) in [5.41, 5.74) is 0.447. The maximum atomic E-state index is 11.8. The van der Waals surface area contributed by atoms with Gasteiger partial charge in [0, 0.05) is 18.0 Å². The molecule has 7 nitrogen and oxygen atoms in total. The van der Waals surface area contributed by atoms with Crippen LogP contribution in [0.2, 0.25) is 0 Å². The first-order valence-corrected chi connectivity index (χ1v) is 11.0. The zero-order valence-corrected chi connectivity index (χ0v) is 18.2. The van der Waals surface area contributed by atoms with Crippen LogP contribution in [-0.4, -0.2) is 50.1 Å². The van der Waals surface area contributed by atoms with E-state index in [1.165, 1.54) is 24.8 Å². The first-order chi connectivity index (χ1) is 14.1. The Bertz CT molecular complexity index is 810. The molecular formula is C21H30N4O3S. The van der Waals surface area contributed by atoms with E-state index in [0.29, 0.717) is 29.7 Å². The number of furan rings is 1. The number of esters is 1. The summed E-state index contributed by atoms with van der Waals surface area (Å²) < 4.78 is 10.4. The lowest BCUT2D eigenvalue weighted by Gasteiger charge is -2.27. The van der Waals surface area contributed by atoms with Crippen LogP contribution in [0.25, 0.3) is 0 Å². The first-order valence-electron chi connectivity index (χ1n) is 10.1. The predicted octanol–water partition coefficient (Wildman–Crippen LogP) is 3.33. The Hall–Kier alpha value is -2.32. The number of thiophene rings is 1. The van der Waals surface area contributed by atoms with Crippen LogP contribution in [-0.2, 0) is 11.3 Å². The van der Waals surface area contributed by atoms with Crippen molar-refractivity contribution >= 4 is 23.3 Å². The molecule has 1 atom stereocenters. The number of hydrogen-bond donors (Lipinski definition) is 2. The van der Waals surface area contributed by atoms with E-state index in [1.54, 1.807) is 24.3 Å². The van der Waals surface area contributed by atoms with E-state index in [4.69, 9.17) is 9.15 Å². The molecular weight excluding hydrogens is 388 g/mol. The second-order valence-corrected chi connectivity index (χ2v) is 8.00. The standard InChI is InChI=1S/C21H30N4O3S/c1-4-22-21(23-13-16-12-17(15(2)28-16)20(26)27-3)24-14-18(19-8-7-11-29-19)25-9-5-6-10-25/h7-8,11-12,18H,4-6,9-10,13-14H2,1-3H3,(H2,22,23,24).